The van der Waals surface area contributed by atoms with Gasteiger partial charge in [0, 0.05) is 17.1 Å². The number of hydrogen-bond acceptors (Lipinski definition) is 2. The molecule has 114 valence electrons. The fourth-order valence-corrected chi connectivity index (χ4v) is 2.39. The Morgan fingerprint density at radius 3 is 2.38 bits per heavy atom. The minimum absolute atomic E-state index is 0.0453. The molecule has 0 unspecified atom stereocenters. The fourth-order valence-electron chi connectivity index (χ4n) is 2.10. The molecule has 0 aliphatic rings. The van der Waals surface area contributed by atoms with Gasteiger partial charge in [-0.3, -0.25) is 0 Å². The van der Waals surface area contributed by atoms with Gasteiger partial charge >= 0.3 is 0 Å². The molecule has 0 aliphatic heterocycles. The molecule has 0 saturated heterocycles. The highest BCUT2D eigenvalue weighted by atomic mass is 35.5. The van der Waals surface area contributed by atoms with E-state index in [1.807, 2.05) is 36.7 Å². The third kappa shape index (κ3) is 3.79. The molecule has 1 N–H and O–H groups in total. The minimum atomic E-state index is 0.0453. The molecule has 3 nitrogen and oxygen atoms in total. The molecule has 2 aromatic rings. The van der Waals surface area contributed by atoms with Crippen LogP contribution in [0.15, 0.2) is 18.2 Å². The van der Waals surface area contributed by atoms with Crippen molar-refractivity contribution in [3.05, 3.63) is 45.2 Å². The third-order valence-electron chi connectivity index (χ3n) is 3.29. The number of halogens is 2. The van der Waals surface area contributed by atoms with E-state index in [0.717, 1.165) is 29.2 Å². The highest BCUT2D eigenvalue weighted by molar-refractivity contribution is 6.32. The summed E-state index contributed by atoms with van der Waals surface area (Å²) in [6.07, 6.45) is 0. The number of rotatable bonds is 3. The summed E-state index contributed by atoms with van der Waals surface area (Å²) in [6.45, 7) is 11.0. The van der Waals surface area contributed by atoms with E-state index >= 15 is 0 Å². The average molecular weight is 326 g/mol. The largest absolute Gasteiger partial charge is 0.308 e. The monoisotopic (exact) mass is 325 g/mol. The number of nitrogens with one attached hydrogen (secondary N) is 1. The Bertz CT molecular complexity index is 654. The second-order valence-corrected chi connectivity index (χ2v) is 7.09. The highest BCUT2D eigenvalue weighted by Gasteiger charge is 2.16. The van der Waals surface area contributed by atoms with E-state index in [-0.39, 0.29) is 5.54 Å². The van der Waals surface area contributed by atoms with Gasteiger partial charge in [0.1, 0.15) is 0 Å². The SMILES string of the molecule is Cc1nn(-c2cc(Cl)ccc2CNC(C)(C)C)c(C)c1Cl. The standard InChI is InChI=1S/C16H21Cl2N3/c1-10-15(18)11(2)21(20-10)14-8-13(17)7-6-12(14)9-19-16(3,4)5/h6-8,19H,9H2,1-5H3. The van der Waals surface area contributed by atoms with Gasteiger partial charge < -0.3 is 5.32 Å². The van der Waals surface area contributed by atoms with Crippen LogP contribution in [0, 0.1) is 13.8 Å². The van der Waals surface area contributed by atoms with Crippen molar-refractivity contribution in [3.8, 4) is 5.69 Å². The van der Waals surface area contributed by atoms with Crippen LogP contribution in [0.5, 0.6) is 0 Å². The number of hydrogen-bond donors (Lipinski definition) is 1. The first-order valence-corrected chi connectivity index (χ1v) is 7.70. The quantitative estimate of drug-likeness (QED) is 0.887. The second kappa shape index (κ2) is 5.99. The molecule has 5 heteroatoms. The Morgan fingerprint density at radius 2 is 1.86 bits per heavy atom. The molecule has 0 bridgehead atoms. The van der Waals surface area contributed by atoms with Crippen molar-refractivity contribution in [1.82, 2.24) is 15.1 Å². The van der Waals surface area contributed by atoms with Crippen molar-refractivity contribution in [2.24, 2.45) is 0 Å². The topological polar surface area (TPSA) is 29.9 Å². The molecule has 0 amide bonds. The van der Waals surface area contributed by atoms with Gasteiger partial charge in [0.05, 0.1) is 22.1 Å². The van der Waals surface area contributed by atoms with Gasteiger partial charge in [-0.25, -0.2) is 4.68 Å². The summed E-state index contributed by atoms with van der Waals surface area (Å²) in [4.78, 5) is 0. The van der Waals surface area contributed by atoms with Gasteiger partial charge in [-0.2, -0.15) is 5.10 Å². The Kier molecular flexibility index (Phi) is 4.66. The molecule has 1 aromatic carbocycles. The van der Waals surface area contributed by atoms with E-state index in [0.29, 0.717) is 10.0 Å². The lowest BCUT2D eigenvalue weighted by atomic mass is 10.1. The van der Waals surface area contributed by atoms with Crippen molar-refractivity contribution in [3.63, 3.8) is 0 Å². The van der Waals surface area contributed by atoms with Crippen LogP contribution in [-0.4, -0.2) is 15.3 Å². The van der Waals surface area contributed by atoms with Gasteiger partial charge in [-0.1, -0.05) is 29.3 Å². The number of nitrogens with zero attached hydrogens (tertiary/aromatic N) is 2. The van der Waals surface area contributed by atoms with Gasteiger partial charge in [0.2, 0.25) is 0 Å². The van der Waals surface area contributed by atoms with Crippen molar-refractivity contribution in [2.75, 3.05) is 0 Å². The Labute approximate surface area is 136 Å². The fraction of sp³-hybridized carbons (Fsp3) is 0.438. The third-order valence-corrected chi connectivity index (χ3v) is 4.07. The number of aromatic nitrogens is 2. The Balaban J connectivity index is 2.46. The van der Waals surface area contributed by atoms with E-state index in [1.165, 1.54) is 0 Å². The summed E-state index contributed by atoms with van der Waals surface area (Å²) < 4.78 is 1.86. The molecule has 0 spiro atoms. The molecule has 0 atom stereocenters. The van der Waals surface area contributed by atoms with E-state index in [1.54, 1.807) is 0 Å². The van der Waals surface area contributed by atoms with Gasteiger partial charge in [-0.15, -0.1) is 0 Å². The summed E-state index contributed by atoms with van der Waals surface area (Å²) in [6, 6.07) is 5.86. The molecule has 0 fully saturated rings. The lowest BCUT2D eigenvalue weighted by Gasteiger charge is -2.22. The zero-order chi connectivity index (χ0) is 15.8. The molecule has 1 aromatic heterocycles. The first kappa shape index (κ1) is 16.3. The van der Waals surface area contributed by atoms with Crippen LogP contribution >= 0.6 is 23.2 Å². The molecule has 0 aliphatic carbocycles. The van der Waals surface area contributed by atoms with Crippen LogP contribution < -0.4 is 5.32 Å². The van der Waals surface area contributed by atoms with Gasteiger partial charge in [0.25, 0.3) is 0 Å². The van der Waals surface area contributed by atoms with Crippen LogP contribution in [0.1, 0.15) is 37.7 Å². The van der Waals surface area contributed by atoms with Crippen molar-refractivity contribution in [2.45, 2.75) is 46.7 Å². The van der Waals surface area contributed by atoms with Crippen LogP contribution in [0.2, 0.25) is 10.0 Å². The van der Waals surface area contributed by atoms with Gasteiger partial charge in [0.15, 0.2) is 0 Å². The molecule has 0 saturated carbocycles. The highest BCUT2D eigenvalue weighted by Crippen LogP contribution is 2.26. The Morgan fingerprint density at radius 1 is 1.19 bits per heavy atom. The summed E-state index contributed by atoms with van der Waals surface area (Å²) in [5, 5.41) is 9.40. The number of benzene rings is 1. The van der Waals surface area contributed by atoms with Crippen LogP contribution in [0.4, 0.5) is 0 Å². The molecule has 21 heavy (non-hydrogen) atoms. The molecule has 1 heterocycles. The van der Waals surface area contributed by atoms with E-state index in [2.05, 4.69) is 31.2 Å². The minimum Gasteiger partial charge on any atom is -0.308 e. The summed E-state index contributed by atoms with van der Waals surface area (Å²) in [5.74, 6) is 0. The second-order valence-electron chi connectivity index (χ2n) is 6.27. The zero-order valence-electron chi connectivity index (χ0n) is 13.1. The predicted octanol–water partition coefficient (Wildman–Crippen LogP) is 4.68. The van der Waals surface area contributed by atoms with E-state index < -0.39 is 0 Å². The van der Waals surface area contributed by atoms with E-state index in [9.17, 15) is 0 Å². The molecule has 0 radical (unpaired) electrons. The maximum Gasteiger partial charge on any atom is 0.0848 e. The Hall–Kier alpha value is -1.03. The predicted molar refractivity (Wildman–Crippen MR) is 89.7 cm³/mol. The molecular formula is C16H21Cl2N3. The van der Waals surface area contributed by atoms with Gasteiger partial charge in [-0.05, 0) is 52.3 Å². The average Bonchev–Trinajstić information content (AvgIpc) is 2.64. The van der Waals surface area contributed by atoms with Crippen molar-refractivity contribution in [1.29, 1.82) is 0 Å². The van der Waals surface area contributed by atoms with Crippen LogP contribution in [0.3, 0.4) is 0 Å². The van der Waals surface area contributed by atoms with Crippen molar-refractivity contribution < 1.29 is 0 Å². The van der Waals surface area contributed by atoms with Crippen LogP contribution in [-0.2, 0) is 6.54 Å². The number of aryl methyl sites for hydroxylation is 1. The summed E-state index contributed by atoms with van der Waals surface area (Å²) in [7, 11) is 0. The van der Waals surface area contributed by atoms with E-state index in [4.69, 9.17) is 23.2 Å². The maximum atomic E-state index is 6.26. The lowest BCUT2D eigenvalue weighted by molar-refractivity contribution is 0.424. The summed E-state index contributed by atoms with van der Waals surface area (Å²) >= 11 is 12.4. The van der Waals surface area contributed by atoms with Crippen LogP contribution in [0.25, 0.3) is 5.69 Å². The molecular weight excluding hydrogens is 305 g/mol. The van der Waals surface area contributed by atoms with Crippen molar-refractivity contribution >= 4 is 23.2 Å². The first-order chi connectivity index (χ1) is 9.69. The zero-order valence-corrected chi connectivity index (χ0v) is 14.6. The maximum absolute atomic E-state index is 6.26. The molecule has 2 rings (SSSR count). The normalized spacial score (nSPS) is 12.0. The summed E-state index contributed by atoms with van der Waals surface area (Å²) in [5.41, 5.74) is 3.89. The smallest absolute Gasteiger partial charge is 0.0848 e. The lowest BCUT2D eigenvalue weighted by Crippen LogP contribution is -2.35. The first-order valence-electron chi connectivity index (χ1n) is 6.94.